The average Bonchev–Trinajstić information content (AvgIpc) is 2.99. The highest BCUT2D eigenvalue weighted by Crippen LogP contribution is 2.58. The monoisotopic (exact) mass is 226 g/mol. The summed E-state index contributed by atoms with van der Waals surface area (Å²) in [5.41, 5.74) is 0.358. The third-order valence-corrected chi connectivity index (χ3v) is 3.93. The third kappa shape index (κ3) is 2.55. The number of methoxy groups -OCH3 is 1. The number of hydrogen-bond acceptors (Lipinski definition) is 3. The van der Waals surface area contributed by atoms with Gasteiger partial charge in [0, 0.05) is 26.2 Å². The van der Waals surface area contributed by atoms with Crippen molar-refractivity contribution in [3.8, 4) is 0 Å². The molecule has 4 nitrogen and oxygen atoms in total. The van der Waals surface area contributed by atoms with Crippen LogP contribution in [-0.2, 0) is 9.53 Å². The Kier molecular flexibility index (Phi) is 3.82. The zero-order chi connectivity index (χ0) is 11.4. The van der Waals surface area contributed by atoms with Crippen molar-refractivity contribution in [2.45, 2.75) is 25.7 Å². The Hall–Kier alpha value is -0.610. The molecule has 0 aromatic carbocycles. The molecule has 1 aliphatic heterocycles. The Balaban J connectivity index is 1.67. The summed E-state index contributed by atoms with van der Waals surface area (Å²) in [7, 11) is 1.69. The van der Waals surface area contributed by atoms with Gasteiger partial charge in [0.2, 0.25) is 5.91 Å². The Labute approximate surface area is 97.1 Å². The van der Waals surface area contributed by atoms with Crippen LogP contribution >= 0.6 is 0 Å². The highest BCUT2D eigenvalue weighted by Gasteiger charge is 2.57. The van der Waals surface area contributed by atoms with E-state index in [1.807, 2.05) is 0 Å². The first-order chi connectivity index (χ1) is 7.78. The van der Waals surface area contributed by atoms with Crippen LogP contribution in [0.25, 0.3) is 0 Å². The first-order valence-corrected chi connectivity index (χ1v) is 6.26. The van der Waals surface area contributed by atoms with E-state index in [1.54, 1.807) is 7.11 Å². The molecule has 0 aromatic heterocycles. The van der Waals surface area contributed by atoms with E-state index in [2.05, 4.69) is 10.6 Å². The molecule has 0 radical (unpaired) electrons. The molecule has 0 bridgehead atoms. The second kappa shape index (κ2) is 5.15. The van der Waals surface area contributed by atoms with E-state index in [9.17, 15) is 4.79 Å². The van der Waals surface area contributed by atoms with Crippen molar-refractivity contribution in [3.63, 3.8) is 0 Å². The smallest absolute Gasteiger partial charge is 0.223 e. The van der Waals surface area contributed by atoms with E-state index in [0.717, 1.165) is 39.1 Å². The number of nitrogens with one attached hydrogen (secondary N) is 2. The standard InChI is InChI=1S/C12H22N2O2/c1-16-8-2-5-14-11(15)10-9-12(10)3-6-13-7-4-12/h10,13H,2-9H2,1H3,(H,14,15). The minimum Gasteiger partial charge on any atom is -0.385 e. The van der Waals surface area contributed by atoms with Crippen molar-refractivity contribution in [3.05, 3.63) is 0 Å². The largest absolute Gasteiger partial charge is 0.385 e. The maximum atomic E-state index is 11.9. The van der Waals surface area contributed by atoms with Gasteiger partial charge in [0.1, 0.15) is 0 Å². The quantitative estimate of drug-likeness (QED) is 0.672. The Morgan fingerprint density at radius 3 is 2.94 bits per heavy atom. The second-order valence-corrected chi connectivity index (χ2v) is 5.01. The summed E-state index contributed by atoms with van der Waals surface area (Å²) in [4.78, 5) is 11.9. The van der Waals surface area contributed by atoms with E-state index >= 15 is 0 Å². The molecule has 4 heteroatoms. The van der Waals surface area contributed by atoms with E-state index in [-0.39, 0.29) is 11.8 Å². The van der Waals surface area contributed by atoms with Gasteiger partial charge in [0.15, 0.2) is 0 Å². The molecule has 2 aliphatic rings. The van der Waals surface area contributed by atoms with Crippen LogP contribution in [-0.4, -0.2) is 39.3 Å². The van der Waals surface area contributed by atoms with Gasteiger partial charge >= 0.3 is 0 Å². The van der Waals surface area contributed by atoms with Crippen LogP contribution in [0.2, 0.25) is 0 Å². The fraction of sp³-hybridized carbons (Fsp3) is 0.917. The summed E-state index contributed by atoms with van der Waals surface area (Å²) in [5.74, 6) is 0.551. The van der Waals surface area contributed by atoms with Crippen LogP contribution in [0.15, 0.2) is 0 Å². The van der Waals surface area contributed by atoms with Gasteiger partial charge in [-0.15, -0.1) is 0 Å². The molecule has 1 amide bonds. The highest BCUT2D eigenvalue weighted by atomic mass is 16.5. The molecule has 1 unspecified atom stereocenters. The molecule has 2 N–H and O–H groups in total. The maximum Gasteiger partial charge on any atom is 0.223 e. The van der Waals surface area contributed by atoms with Gasteiger partial charge in [-0.05, 0) is 44.2 Å². The number of rotatable bonds is 5. The van der Waals surface area contributed by atoms with E-state index in [0.29, 0.717) is 5.41 Å². The second-order valence-electron chi connectivity index (χ2n) is 5.01. The van der Waals surface area contributed by atoms with Crippen LogP contribution < -0.4 is 10.6 Å². The molecule has 1 spiro atoms. The lowest BCUT2D eigenvalue weighted by molar-refractivity contribution is -0.123. The number of ether oxygens (including phenoxy) is 1. The van der Waals surface area contributed by atoms with Crippen LogP contribution in [0.3, 0.4) is 0 Å². The normalized spacial score (nSPS) is 26.7. The zero-order valence-corrected chi connectivity index (χ0v) is 10.1. The molecule has 1 saturated carbocycles. The molecule has 1 heterocycles. The SMILES string of the molecule is COCCCNC(=O)C1CC12CCNCC2. The highest BCUT2D eigenvalue weighted by molar-refractivity contribution is 5.82. The minimum absolute atomic E-state index is 0.262. The minimum atomic E-state index is 0.262. The number of hydrogen-bond donors (Lipinski definition) is 2. The summed E-state index contributed by atoms with van der Waals surface area (Å²) in [6.45, 7) is 3.62. The van der Waals surface area contributed by atoms with Crippen LogP contribution in [0.4, 0.5) is 0 Å². The predicted octanol–water partition coefficient (Wildman–Crippen LogP) is 0.529. The van der Waals surface area contributed by atoms with E-state index < -0.39 is 0 Å². The summed E-state index contributed by atoms with van der Waals surface area (Å²) < 4.78 is 4.95. The number of carbonyl (C=O) groups is 1. The molecule has 16 heavy (non-hydrogen) atoms. The van der Waals surface area contributed by atoms with Gasteiger partial charge in [0.05, 0.1) is 0 Å². The zero-order valence-electron chi connectivity index (χ0n) is 10.1. The van der Waals surface area contributed by atoms with Gasteiger partial charge in [-0.1, -0.05) is 0 Å². The fourth-order valence-corrected chi connectivity index (χ4v) is 2.75. The van der Waals surface area contributed by atoms with Crippen molar-refractivity contribution in [2.75, 3.05) is 33.4 Å². The van der Waals surface area contributed by atoms with E-state index in [4.69, 9.17) is 4.74 Å². The van der Waals surface area contributed by atoms with Crippen LogP contribution in [0, 0.1) is 11.3 Å². The topological polar surface area (TPSA) is 50.4 Å². The summed E-state index contributed by atoms with van der Waals surface area (Å²) in [6, 6.07) is 0. The first kappa shape index (κ1) is 11.9. The number of amides is 1. The van der Waals surface area contributed by atoms with Gasteiger partial charge in [-0.2, -0.15) is 0 Å². The number of carbonyl (C=O) groups excluding carboxylic acids is 1. The van der Waals surface area contributed by atoms with Gasteiger partial charge in [-0.25, -0.2) is 0 Å². The molecule has 2 fully saturated rings. The molecule has 0 aromatic rings. The summed E-state index contributed by atoms with van der Waals surface area (Å²) in [6.07, 6.45) is 4.35. The molecule has 92 valence electrons. The van der Waals surface area contributed by atoms with E-state index in [1.165, 1.54) is 12.8 Å². The van der Waals surface area contributed by atoms with Crippen molar-refractivity contribution in [1.82, 2.24) is 10.6 Å². The fourth-order valence-electron chi connectivity index (χ4n) is 2.75. The Bertz CT molecular complexity index is 249. The maximum absolute atomic E-state index is 11.9. The average molecular weight is 226 g/mol. The van der Waals surface area contributed by atoms with Gasteiger partial charge in [-0.3, -0.25) is 4.79 Å². The lowest BCUT2D eigenvalue weighted by Crippen LogP contribution is -2.34. The van der Waals surface area contributed by atoms with Crippen LogP contribution in [0.5, 0.6) is 0 Å². The predicted molar refractivity (Wildman–Crippen MR) is 62.1 cm³/mol. The summed E-state index contributed by atoms with van der Waals surface area (Å²) in [5, 5.41) is 6.36. The van der Waals surface area contributed by atoms with Crippen molar-refractivity contribution in [2.24, 2.45) is 11.3 Å². The van der Waals surface area contributed by atoms with Crippen molar-refractivity contribution in [1.29, 1.82) is 0 Å². The lowest BCUT2D eigenvalue weighted by Gasteiger charge is -2.23. The molecular weight excluding hydrogens is 204 g/mol. The number of piperidine rings is 1. The Morgan fingerprint density at radius 1 is 1.50 bits per heavy atom. The molecule has 2 rings (SSSR count). The van der Waals surface area contributed by atoms with Gasteiger partial charge < -0.3 is 15.4 Å². The first-order valence-electron chi connectivity index (χ1n) is 6.26. The lowest BCUT2D eigenvalue weighted by atomic mass is 9.92. The summed E-state index contributed by atoms with van der Waals surface area (Å²) >= 11 is 0. The van der Waals surface area contributed by atoms with Crippen LogP contribution in [0.1, 0.15) is 25.7 Å². The molecule has 1 aliphatic carbocycles. The molecule has 1 saturated heterocycles. The van der Waals surface area contributed by atoms with Gasteiger partial charge in [0.25, 0.3) is 0 Å². The Morgan fingerprint density at radius 2 is 2.25 bits per heavy atom. The third-order valence-electron chi connectivity index (χ3n) is 3.93. The molecule has 1 atom stereocenters. The molecular formula is C12H22N2O2. The van der Waals surface area contributed by atoms with Crippen molar-refractivity contribution < 1.29 is 9.53 Å². The van der Waals surface area contributed by atoms with Crippen molar-refractivity contribution >= 4 is 5.91 Å².